The lowest BCUT2D eigenvalue weighted by Gasteiger charge is -2.25. The molecule has 0 aliphatic heterocycles. The number of imidazole rings is 1. The number of nitrogens with zero attached hydrogens (tertiary/aromatic N) is 3. The first kappa shape index (κ1) is 21.4. The summed E-state index contributed by atoms with van der Waals surface area (Å²) in [5.41, 5.74) is 1.21. The first-order valence-corrected chi connectivity index (χ1v) is 7.40. The summed E-state index contributed by atoms with van der Waals surface area (Å²) in [5, 5.41) is 13.8. The highest BCUT2D eigenvalue weighted by Gasteiger charge is 2.12. The fraction of sp³-hybridized carbons (Fsp3) is 0.438. The number of aromatic nitrogens is 2. The molecule has 0 aliphatic rings. The van der Waals surface area contributed by atoms with Crippen LogP contribution in [-0.2, 0) is 29.1 Å². The summed E-state index contributed by atoms with van der Waals surface area (Å²) in [6.45, 7) is 5.75. The van der Waals surface area contributed by atoms with Gasteiger partial charge in [-0.3, -0.25) is 14.5 Å². The minimum Gasteiger partial charge on any atom is -0.483 e. The van der Waals surface area contributed by atoms with E-state index in [2.05, 4.69) is 41.5 Å². The summed E-state index contributed by atoms with van der Waals surface area (Å²) < 4.78 is 7.33. The molecule has 24 heavy (non-hydrogen) atoms. The molecule has 1 unspecified atom stereocenters. The summed E-state index contributed by atoms with van der Waals surface area (Å²) in [6.07, 6.45) is 8.44. The molecule has 2 aromatic heterocycles. The lowest BCUT2D eigenvalue weighted by atomic mass is 10.2. The zero-order valence-electron chi connectivity index (χ0n) is 14.2. The van der Waals surface area contributed by atoms with Gasteiger partial charge in [-0.25, -0.2) is 4.98 Å². The van der Waals surface area contributed by atoms with Crippen LogP contribution in [0.15, 0.2) is 35.4 Å². The second kappa shape index (κ2) is 12.9. The summed E-state index contributed by atoms with van der Waals surface area (Å²) in [7, 11) is 2.14. The standard InChI is InChI=1S/C14H21N3O.2CH2O2/c1-4-14-15-6-7-17(14)9-12(2)16(3)10-13-5-8-18-11-13;2*2-1-3/h5-8,11-12H,4,9-10H2,1-3H3;2*1H,(H,2,3). The van der Waals surface area contributed by atoms with Crippen LogP contribution < -0.4 is 0 Å². The molecule has 1 atom stereocenters. The molecule has 0 aromatic carbocycles. The van der Waals surface area contributed by atoms with Crippen LogP contribution in [-0.4, -0.2) is 50.7 Å². The Morgan fingerprint density at radius 3 is 2.50 bits per heavy atom. The Bertz CT molecular complexity index is 548. The van der Waals surface area contributed by atoms with Gasteiger partial charge < -0.3 is 19.2 Å². The molecule has 0 bridgehead atoms. The fourth-order valence-corrected chi connectivity index (χ4v) is 2.07. The summed E-state index contributed by atoms with van der Waals surface area (Å²) in [5.74, 6) is 1.15. The number of hydrogen-bond donors (Lipinski definition) is 2. The third-order valence-corrected chi connectivity index (χ3v) is 3.34. The second-order valence-corrected chi connectivity index (χ2v) is 4.96. The molecule has 0 saturated carbocycles. The van der Waals surface area contributed by atoms with Crippen molar-refractivity contribution in [2.24, 2.45) is 0 Å². The van der Waals surface area contributed by atoms with Crippen LogP contribution in [0.1, 0.15) is 25.2 Å². The molecule has 0 aliphatic carbocycles. The predicted octanol–water partition coefficient (Wildman–Crippen LogP) is 1.96. The second-order valence-electron chi connectivity index (χ2n) is 4.96. The molecule has 0 spiro atoms. The van der Waals surface area contributed by atoms with E-state index in [1.807, 2.05) is 12.3 Å². The summed E-state index contributed by atoms with van der Waals surface area (Å²) in [4.78, 5) is 23.4. The maximum absolute atomic E-state index is 8.36. The predicted molar refractivity (Wildman–Crippen MR) is 88.6 cm³/mol. The Labute approximate surface area is 141 Å². The van der Waals surface area contributed by atoms with Gasteiger partial charge in [0, 0.05) is 43.5 Å². The minimum atomic E-state index is -0.250. The van der Waals surface area contributed by atoms with Gasteiger partial charge >= 0.3 is 0 Å². The number of rotatable bonds is 6. The maximum Gasteiger partial charge on any atom is 0.290 e. The first-order valence-electron chi connectivity index (χ1n) is 7.40. The van der Waals surface area contributed by atoms with E-state index in [9.17, 15) is 0 Å². The van der Waals surface area contributed by atoms with Crippen molar-refractivity contribution in [1.82, 2.24) is 14.5 Å². The normalized spacial score (nSPS) is 10.8. The average Bonchev–Trinajstić information content (AvgIpc) is 3.20. The fourth-order valence-electron chi connectivity index (χ4n) is 2.07. The number of hydrogen-bond acceptors (Lipinski definition) is 5. The smallest absolute Gasteiger partial charge is 0.290 e. The van der Waals surface area contributed by atoms with Gasteiger partial charge in [0.25, 0.3) is 12.9 Å². The lowest BCUT2D eigenvalue weighted by Crippen LogP contribution is -2.32. The molecular weight excluding hydrogens is 314 g/mol. The third kappa shape index (κ3) is 8.14. The van der Waals surface area contributed by atoms with Crippen LogP contribution in [0.25, 0.3) is 0 Å². The number of furan rings is 1. The number of likely N-dealkylation sites (N-methyl/N-ethyl adjacent to an activating group) is 1. The van der Waals surface area contributed by atoms with E-state index in [-0.39, 0.29) is 12.9 Å². The van der Waals surface area contributed by atoms with Crippen LogP contribution in [0.2, 0.25) is 0 Å². The van der Waals surface area contributed by atoms with Gasteiger partial charge in [-0.1, -0.05) is 6.92 Å². The van der Waals surface area contributed by atoms with Crippen LogP contribution in [0.5, 0.6) is 0 Å². The van der Waals surface area contributed by atoms with Crippen molar-refractivity contribution in [3.8, 4) is 0 Å². The maximum atomic E-state index is 8.36. The molecule has 0 saturated heterocycles. The van der Waals surface area contributed by atoms with Gasteiger partial charge in [0.05, 0.1) is 12.5 Å². The van der Waals surface area contributed by atoms with Crippen molar-refractivity contribution in [3.05, 3.63) is 42.4 Å². The molecule has 8 heteroatoms. The van der Waals surface area contributed by atoms with Gasteiger partial charge in [0.15, 0.2) is 0 Å². The molecule has 8 nitrogen and oxygen atoms in total. The molecule has 2 rings (SSSR count). The lowest BCUT2D eigenvalue weighted by molar-refractivity contribution is -0.123. The summed E-state index contributed by atoms with van der Waals surface area (Å²) in [6, 6.07) is 2.47. The third-order valence-electron chi connectivity index (χ3n) is 3.34. The Morgan fingerprint density at radius 2 is 2.00 bits per heavy atom. The van der Waals surface area contributed by atoms with Crippen molar-refractivity contribution in [1.29, 1.82) is 0 Å². The molecule has 0 radical (unpaired) electrons. The molecule has 2 N–H and O–H groups in total. The van der Waals surface area contributed by atoms with Crippen molar-refractivity contribution >= 4 is 12.9 Å². The topological polar surface area (TPSA) is 109 Å². The molecule has 0 fully saturated rings. The first-order chi connectivity index (χ1) is 11.5. The van der Waals surface area contributed by atoms with E-state index < -0.39 is 0 Å². The zero-order valence-corrected chi connectivity index (χ0v) is 14.2. The van der Waals surface area contributed by atoms with Crippen LogP contribution in [0.3, 0.4) is 0 Å². The summed E-state index contributed by atoms with van der Waals surface area (Å²) >= 11 is 0. The highest BCUT2D eigenvalue weighted by Crippen LogP contribution is 2.09. The van der Waals surface area contributed by atoms with Crippen LogP contribution in [0, 0.1) is 0 Å². The van der Waals surface area contributed by atoms with Gasteiger partial charge in [0.2, 0.25) is 0 Å². The molecule has 134 valence electrons. The van der Waals surface area contributed by atoms with E-state index in [4.69, 9.17) is 24.2 Å². The highest BCUT2D eigenvalue weighted by atomic mass is 16.3. The van der Waals surface area contributed by atoms with Gasteiger partial charge in [-0.15, -0.1) is 0 Å². The van der Waals surface area contributed by atoms with Crippen molar-refractivity contribution < 1.29 is 24.2 Å². The van der Waals surface area contributed by atoms with E-state index in [0.29, 0.717) is 6.04 Å². The highest BCUT2D eigenvalue weighted by molar-refractivity contribution is 5.33. The van der Waals surface area contributed by atoms with Crippen molar-refractivity contribution in [3.63, 3.8) is 0 Å². The van der Waals surface area contributed by atoms with Crippen molar-refractivity contribution in [2.75, 3.05) is 7.05 Å². The Balaban J connectivity index is 0.000000772. The Hall–Kier alpha value is -2.61. The molecule has 0 amide bonds. The van der Waals surface area contributed by atoms with E-state index in [1.54, 1.807) is 12.5 Å². The van der Waals surface area contributed by atoms with Gasteiger partial charge in [-0.2, -0.15) is 0 Å². The molecular formula is C16H25N3O5. The van der Waals surface area contributed by atoms with Crippen LogP contribution >= 0.6 is 0 Å². The van der Waals surface area contributed by atoms with Crippen molar-refractivity contribution in [2.45, 2.75) is 39.4 Å². The number of carboxylic acid groups (broad SMARTS) is 2. The zero-order chi connectivity index (χ0) is 18.4. The minimum absolute atomic E-state index is 0.250. The number of carbonyl (C=O) groups is 2. The SMILES string of the molecule is CCc1nccn1CC(C)N(C)Cc1ccoc1.O=CO.O=CO. The van der Waals surface area contributed by atoms with Gasteiger partial charge in [-0.05, 0) is 20.0 Å². The Kier molecular flexibility index (Phi) is 11.5. The van der Waals surface area contributed by atoms with Crippen LogP contribution in [0.4, 0.5) is 0 Å². The van der Waals surface area contributed by atoms with E-state index in [1.165, 1.54) is 5.56 Å². The average molecular weight is 339 g/mol. The van der Waals surface area contributed by atoms with E-state index in [0.717, 1.165) is 25.3 Å². The van der Waals surface area contributed by atoms with E-state index >= 15 is 0 Å². The largest absolute Gasteiger partial charge is 0.483 e. The monoisotopic (exact) mass is 339 g/mol. The molecule has 2 heterocycles. The van der Waals surface area contributed by atoms with Gasteiger partial charge in [0.1, 0.15) is 5.82 Å². The Morgan fingerprint density at radius 1 is 1.38 bits per heavy atom. The molecule has 2 aromatic rings. The number of aryl methyl sites for hydroxylation is 1. The quantitative estimate of drug-likeness (QED) is 0.774.